The zero-order valence-corrected chi connectivity index (χ0v) is 10.9. The molecule has 1 fully saturated rings. The van der Waals surface area contributed by atoms with Crippen molar-refractivity contribution in [2.75, 3.05) is 20.2 Å². The number of morpholine rings is 1. The van der Waals surface area contributed by atoms with Crippen molar-refractivity contribution in [3.63, 3.8) is 0 Å². The number of nitrogens with zero attached hydrogens (tertiary/aromatic N) is 2. The first-order valence-electron chi connectivity index (χ1n) is 5.96. The largest absolute Gasteiger partial charge is 0.467 e. The third kappa shape index (κ3) is 3.08. The van der Waals surface area contributed by atoms with Crippen molar-refractivity contribution in [3.8, 4) is 0 Å². The van der Waals surface area contributed by atoms with E-state index in [0.29, 0.717) is 13.1 Å². The summed E-state index contributed by atoms with van der Waals surface area (Å²) in [5.41, 5.74) is 0.866. The Kier molecular flexibility index (Phi) is 3.98. The molecule has 0 saturated carbocycles. The number of ether oxygens (including phenoxy) is 2. The first-order valence-corrected chi connectivity index (χ1v) is 5.96. The van der Waals surface area contributed by atoms with E-state index in [-0.39, 0.29) is 12.1 Å². The number of aromatic nitrogens is 1. The van der Waals surface area contributed by atoms with Crippen LogP contribution in [-0.4, -0.2) is 48.4 Å². The molecule has 1 aromatic rings. The summed E-state index contributed by atoms with van der Waals surface area (Å²) in [6.07, 6.45) is -0.525. The molecule has 1 aromatic heterocycles. The maximum Gasteiger partial charge on any atom is 0.336 e. The predicted molar refractivity (Wildman–Crippen MR) is 62.9 cm³/mol. The Labute approximate surface area is 106 Å². The van der Waals surface area contributed by atoms with Gasteiger partial charge in [0.25, 0.3) is 0 Å². The van der Waals surface area contributed by atoms with Crippen molar-refractivity contribution < 1.29 is 18.8 Å². The molecule has 0 amide bonds. The zero-order chi connectivity index (χ0) is 13.1. The van der Waals surface area contributed by atoms with E-state index >= 15 is 0 Å². The molecule has 0 aromatic carbocycles. The second-order valence-electron chi connectivity index (χ2n) is 4.58. The van der Waals surface area contributed by atoms with Gasteiger partial charge in [0, 0.05) is 25.7 Å². The summed E-state index contributed by atoms with van der Waals surface area (Å²) in [4.78, 5) is 13.6. The first-order chi connectivity index (χ1) is 8.58. The van der Waals surface area contributed by atoms with Crippen LogP contribution in [-0.2, 0) is 20.8 Å². The number of hydrogen-bond donors (Lipinski definition) is 0. The smallest absolute Gasteiger partial charge is 0.336 e. The fourth-order valence-electron chi connectivity index (χ4n) is 2.15. The Morgan fingerprint density at radius 3 is 3.00 bits per heavy atom. The van der Waals surface area contributed by atoms with Crippen molar-refractivity contribution in [3.05, 3.63) is 17.5 Å². The van der Waals surface area contributed by atoms with Gasteiger partial charge >= 0.3 is 5.97 Å². The lowest BCUT2D eigenvalue weighted by Gasteiger charge is -2.34. The molecule has 2 heterocycles. The quantitative estimate of drug-likeness (QED) is 0.741. The fourth-order valence-corrected chi connectivity index (χ4v) is 2.15. The summed E-state index contributed by atoms with van der Waals surface area (Å²) in [5.74, 6) is 0.457. The summed E-state index contributed by atoms with van der Waals surface area (Å²) >= 11 is 0. The van der Waals surface area contributed by atoms with Crippen LogP contribution in [0.4, 0.5) is 0 Å². The van der Waals surface area contributed by atoms with E-state index in [9.17, 15) is 4.79 Å². The summed E-state index contributed by atoms with van der Waals surface area (Å²) in [5, 5.41) is 3.95. The van der Waals surface area contributed by atoms with Crippen LogP contribution in [0.3, 0.4) is 0 Å². The van der Waals surface area contributed by atoms with E-state index in [1.807, 2.05) is 19.9 Å². The standard InChI is InChI=1S/C12H18N2O4/c1-8-4-10(13-18-8)6-14-5-9(2)17-11(7-14)12(15)16-3/h4,9,11H,5-7H2,1-3H3/t9-,11+/m1/s1. The molecular weight excluding hydrogens is 236 g/mol. The van der Waals surface area contributed by atoms with Crippen LogP contribution in [0, 0.1) is 6.92 Å². The normalized spacial score (nSPS) is 25.1. The van der Waals surface area contributed by atoms with Crippen LogP contribution in [0.2, 0.25) is 0 Å². The number of carbonyl (C=O) groups is 1. The number of aryl methyl sites for hydroxylation is 1. The van der Waals surface area contributed by atoms with Gasteiger partial charge < -0.3 is 14.0 Å². The minimum atomic E-state index is -0.522. The summed E-state index contributed by atoms with van der Waals surface area (Å²) in [6.45, 7) is 5.73. The molecule has 1 saturated heterocycles. The third-order valence-corrected chi connectivity index (χ3v) is 2.86. The van der Waals surface area contributed by atoms with E-state index in [4.69, 9.17) is 14.0 Å². The fraction of sp³-hybridized carbons (Fsp3) is 0.667. The number of hydrogen-bond acceptors (Lipinski definition) is 6. The van der Waals surface area contributed by atoms with Crippen molar-refractivity contribution in [2.45, 2.75) is 32.6 Å². The van der Waals surface area contributed by atoms with Gasteiger partial charge in [0.1, 0.15) is 5.76 Å². The van der Waals surface area contributed by atoms with Gasteiger partial charge in [-0.15, -0.1) is 0 Å². The lowest BCUT2D eigenvalue weighted by molar-refractivity contribution is -0.166. The van der Waals surface area contributed by atoms with Gasteiger partial charge in [0.2, 0.25) is 0 Å². The van der Waals surface area contributed by atoms with Crippen LogP contribution in [0.5, 0.6) is 0 Å². The number of esters is 1. The van der Waals surface area contributed by atoms with Gasteiger partial charge in [-0.3, -0.25) is 4.90 Å². The SMILES string of the molecule is COC(=O)[C@@H]1CN(Cc2cc(C)on2)C[C@@H](C)O1. The minimum absolute atomic E-state index is 0.00384. The lowest BCUT2D eigenvalue weighted by Crippen LogP contribution is -2.49. The van der Waals surface area contributed by atoms with Crippen molar-refractivity contribution >= 4 is 5.97 Å². The molecule has 0 radical (unpaired) electrons. The molecule has 6 nitrogen and oxygen atoms in total. The zero-order valence-electron chi connectivity index (χ0n) is 10.9. The van der Waals surface area contributed by atoms with E-state index in [2.05, 4.69) is 10.1 Å². The number of methoxy groups -OCH3 is 1. The summed E-state index contributed by atoms with van der Waals surface area (Å²) in [6, 6.07) is 1.90. The van der Waals surface area contributed by atoms with Crippen LogP contribution >= 0.6 is 0 Å². The van der Waals surface area contributed by atoms with E-state index in [1.54, 1.807) is 0 Å². The summed E-state index contributed by atoms with van der Waals surface area (Å²) in [7, 11) is 1.37. The third-order valence-electron chi connectivity index (χ3n) is 2.86. The molecule has 0 N–H and O–H groups in total. The lowest BCUT2D eigenvalue weighted by atomic mass is 10.2. The van der Waals surface area contributed by atoms with E-state index in [0.717, 1.165) is 18.0 Å². The van der Waals surface area contributed by atoms with Gasteiger partial charge in [-0.25, -0.2) is 4.79 Å². The molecule has 2 atom stereocenters. The molecule has 2 rings (SSSR count). The van der Waals surface area contributed by atoms with Crippen molar-refractivity contribution in [1.29, 1.82) is 0 Å². The molecule has 0 aliphatic carbocycles. The maximum absolute atomic E-state index is 11.5. The summed E-state index contributed by atoms with van der Waals surface area (Å²) < 4.78 is 15.3. The highest BCUT2D eigenvalue weighted by Crippen LogP contribution is 2.15. The Morgan fingerprint density at radius 2 is 2.39 bits per heavy atom. The Bertz CT molecular complexity index is 418. The molecule has 1 aliphatic rings. The molecule has 6 heteroatoms. The minimum Gasteiger partial charge on any atom is -0.467 e. The molecule has 18 heavy (non-hydrogen) atoms. The van der Waals surface area contributed by atoms with Gasteiger partial charge in [-0.1, -0.05) is 5.16 Å². The molecule has 0 bridgehead atoms. The molecular formula is C12H18N2O4. The topological polar surface area (TPSA) is 64.8 Å². The number of rotatable bonds is 3. The van der Waals surface area contributed by atoms with Crippen molar-refractivity contribution in [1.82, 2.24) is 10.1 Å². The molecule has 100 valence electrons. The molecule has 0 unspecified atom stereocenters. The van der Waals surface area contributed by atoms with Crippen LogP contribution in [0.15, 0.2) is 10.6 Å². The van der Waals surface area contributed by atoms with Gasteiger partial charge in [0.15, 0.2) is 6.10 Å². The van der Waals surface area contributed by atoms with Crippen LogP contribution in [0.25, 0.3) is 0 Å². The van der Waals surface area contributed by atoms with E-state index in [1.165, 1.54) is 7.11 Å². The Balaban J connectivity index is 1.98. The Hall–Kier alpha value is -1.40. The molecule has 0 spiro atoms. The highest BCUT2D eigenvalue weighted by molar-refractivity contribution is 5.74. The predicted octanol–water partition coefficient (Wildman–Crippen LogP) is 0.745. The highest BCUT2D eigenvalue weighted by atomic mass is 16.6. The van der Waals surface area contributed by atoms with Crippen molar-refractivity contribution in [2.24, 2.45) is 0 Å². The van der Waals surface area contributed by atoms with Gasteiger partial charge in [0.05, 0.1) is 18.9 Å². The van der Waals surface area contributed by atoms with Gasteiger partial charge in [-0.05, 0) is 13.8 Å². The Morgan fingerprint density at radius 1 is 1.61 bits per heavy atom. The second kappa shape index (κ2) is 5.49. The van der Waals surface area contributed by atoms with Gasteiger partial charge in [-0.2, -0.15) is 0 Å². The average molecular weight is 254 g/mol. The van der Waals surface area contributed by atoms with Crippen LogP contribution < -0.4 is 0 Å². The second-order valence-corrected chi connectivity index (χ2v) is 4.58. The van der Waals surface area contributed by atoms with E-state index < -0.39 is 6.10 Å². The monoisotopic (exact) mass is 254 g/mol. The van der Waals surface area contributed by atoms with Crippen LogP contribution in [0.1, 0.15) is 18.4 Å². The average Bonchev–Trinajstić information content (AvgIpc) is 2.73. The highest BCUT2D eigenvalue weighted by Gasteiger charge is 2.31. The molecule has 1 aliphatic heterocycles. The maximum atomic E-state index is 11.5. The number of carbonyl (C=O) groups excluding carboxylic acids is 1. The first kappa shape index (κ1) is 13.0.